The van der Waals surface area contributed by atoms with Gasteiger partial charge in [-0.1, -0.05) is 55.2 Å². The molecule has 0 saturated carbocycles. The Labute approximate surface area is 161 Å². The fraction of sp³-hybridized carbons (Fsp3) is 0.150. The number of amides is 1. The molecule has 1 aliphatic heterocycles. The summed E-state index contributed by atoms with van der Waals surface area (Å²) in [5.41, 5.74) is 2.82. The van der Waals surface area contributed by atoms with Gasteiger partial charge in [-0.05, 0) is 47.9 Å². The van der Waals surface area contributed by atoms with Crippen molar-refractivity contribution in [2.45, 2.75) is 20.3 Å². The lowest BCUT2D eigenvalue weighted by Crippen LogP contribution is -2.27. The van der Waals surface area contributed by atoms with Crippen LogP contribution in [0.4, 0.5) is 5.69 Å². The number of ether oxygens (including phenoxy) is 1. The second kappa shape index (κ2) is 7.85. The number of hydrogen-bond acceptors (Lipinski definition) is 5. The van der Waals surface area contributed by atoms with Crippen LogP contribution in [0, 0.1) is 0 Å². The molecule has 0 spiro atoms. The highest BCUT2D eigenvalue weighted by molar-refractivity contribution is 8.27. The van der Waals surface area contributed by atoms with Crippen molar-refractivity contribution in [2.24, 2.45) is 0 Å². The molecule has 1 aliphatic rings. The molecule has 132 valence electrons. The number of nitrogens with zero attached hydrogens (tertiary/aromatic N) is 1. The van der Waals surface area contributed by atoms with E-state index in [0.717, 1.165) is 17.7 Å². The number of benzene rings is 2. The van der Waals surface area contributed by atoms with E-state index in [9.17, 15) is 9.59 Å². The maximum Gasteiger partial charge on any atom is 0.308 e. The Morgan fingerprint density at radius 1 is 1.15 bits per heavy atom. The van der Waals surface area contributed by atoms with Gasteiger partial charge >= 0.3 is 5.97 Å². The second-order valence-electron chi connectivity index (χ2n) is 5.70. The Kier molecular flexibility index (Phi) is 5.54. The van der Waals surface area contributed by atoms with E-state index in [1.54, 1.807) is 35.2 Å². The highest BCUT2D eigenvalue weighted by Gasteiger charge is 2.33. The Morgan fingerprint density at radius 2 is 1.81 bits per heavy atom. The molecule has 2 aromatic carbocycles. The van der Waals surface area contributed by atoms with Crippen molar-refractivity contribution in [3.8, 4) is 5.75 Å². The number of thiocarbonyl (C=S) groups is 1. The summed E-state index contributed by atoms with van der Waals surface area (Å²) >= 11 is 6.67. The smallest absolute Gasteiger partial charge is 0.308 e. The van der Waals surface area contributed by atoms with E-state index in [4.69, 9.17) is 17.0 Å². The molecule has 26 heavy (non-hydrogen) atoms. The van der Waals surface area contributed by atoms with Gasteiger partial charge in [0.2, 0.25) is 0 Å². The van der Waals surface area contributed by atoms with Gasteiger partial charge in [0, 0.05) is 6.92 Å². The van der Waals surface area contributed by atoms with Crippen molar-refractivity contribution in [1.82, 2.24) is 0 Å². The number of carbonyl (C=O) groups excluding carboxylic acids is 2. The van der Waals surface area contributed by atoms with Crippen molar-refractivity contribution in [1.29, 1.82) is 0 Å². The van der Waals surface area contributed by atoms with Crippen molar-refractivity contribution in [2.75, 3.05) is 4.90 Å². The third kappa shape index (κ3) is 4.03. The Bertz CT molecular complexity index is 886. The molecule has 1 heterocycles. The topological polar surface area (TPSA) is 46.6 Å². The van der Waals surface area contributed by atoms with Crippen LogP contribution in [0.15, 0.2) is 53.4 Å². The highest BCUT2D eigenvalue weighted by atomic mass is 32.2. The average molecular weight is 383 g/mol. The zero-order valence-electron chi connectivity index (χ0n) is 14.4. The van der Waals surface area contributed by atoms with Crippen molar-refractivity contribution >= 4 is 51.9 Å². The summed E-state index contributed by atoms with van der Waals surface area (Å²) in [5.74, 6) is -0.0285. The summed E-state index contributed by atoms with van der Waals surface area (Å²) < 4.78 is 5.53. The largest absolute Gasteiger partial charge is 0.427 e. The van der Waals surface area contributed by atoms with Gasteiger partial charge < -0.3 is 4.74 Å². The standard InChI is InChI=1S/C20H17NO3S2/c1-3-14-4-8-16(9-5-14)21-19(23)18(26-20(21)25)12-15-6-10-17(11-7-15)24-13(2)22/h4-12H,3H2,1-2H3/b18-12-. The van der Waals surface area contributed by atoms with Crippen LogP contribution in [0.25, 0.3) is 6.08 Å². The van der Waals surface area contributed by atoms with Crippen LogP contribution in [0.1, 0.15) is 25.0 Å². The fourth-order valence-electron chi connectivity index (χ4n) is 2.52. The zero-order valence-corrected chi connectivity index (χ0v) is 16.0. The number of aryl methyl sites for hydroxylation is 1. The van der Waals surface area contributed by atoms with Gasteiger partial charge in [0.25, 0.3) is 5.91 Å². The molecule has 3 rings (SSSR count). The van der Waals surface area contributed by atoms with E-state index in [2.05, 4.69) is 6.92 Å². The number of esters is 1. The lowest BCUT2D eigenvalue weighted by molar-refractivity contribution is -0.131. The summed E-state index contributed by atoms with van der Waals surface area (Å²) in [6, 6.07) is 14.8. The fourth-order valence-corrected chi connectivity index (χ4v) is 3.82. The highest BCUT2D eigenvalue weighted by Crippen LogP contribution is 2.36. The first-order chi connectivity index (χ1) is 12.5. The summed E-state index contributed by atoms with van der Waals surface area (Å²) in [5, 5.41) is 0. The molecule has 6 heteroatoms. The van der Waals surface area contributed by atoms with Crippen LogP contribution in [0.3, 0.4) is 0 Å². The summed E-state index contributed by atoms with van der Waals surface area (Å²) in [6.45, 7) is 3.44. The van der Waals surface area contributed by atoms with Crippen LogP contribution in [-0.4, -0.2) is 16.2 Å². The van der Waals surface area contributed by atoms with E-state index < -0.39 is 0 Å². The SMILES string of the molecule is CCc1ccc(N2C(=O)/C(=C/c3ccc(OC(C)=O)cc3)SC2=S)cc1. The normalized spacial score (nSPS) is 15.6. The molecule has 4 nitrogen and oxygen atoms in total. The number of hydrogen-bond donors (Lipinski definition) is 0. The molecule has 0 radical (unpaired) electrons. The van der Waals surface area contributed by atoms with E-state index >= 15 is 0 Å². The first-order valence-corrected chi connectivity index (χ1v) is 9.36. The van der Waals surface area contributed by atoms with Gasteiger partial charge in [0.05, 0.1) is 10.6 Å². The molecule has 1 saturated heterocycles. The maximum absolute atomic E-state index is 12.8. The monoisotopic (exact) mass is 383 g/mol. The minimum absolute atomic E-state index is 0.131. The number of thioether (sulfide) groups is 1. The minimum Gasteiger partial charge on any atom is -0.427 e. The Morgan fingerprint density at radius 3 is 2.38 bits per heavy atom. The van der Waals surface area contributed by atoms with E-state index in [-0.39, 0.29) is 11.9 Å². The van der Waals surface area contributed by atoms with E-state index in [0.29, 0.717) is 15.0 Å². The first kappa shape index (κ1) is 18.4. The van der Waals surface area contributed by atoms with Gasteiger partial charge in [-0.3, -0.25) is 14.5 Å². The lowest BCUT2D eigenvalue weighted by atomic mass is 10.1. The molecular weight excluding hydrogens is 366 g/mol. The average Bonchev–Trinajstić information content (AvgIpc) is 2.90. The molecule has 2 aromatic rings. The predicted molar refractivity (Wildman–Crippen MR) is 109 cm³/mol. The summed E-state index contributed by atoms with van der Waals surface area (Å²) in [6.07, 6.45) is 2.74. The molecule has 0 aliphatic carbocycles. The van der Waals surface area contributed by atoms with Crippen LogP contribution in [0.5, 0.6) is 5.75 Å². The van der Waals surface area contributed by atoms with E-state index in [1.807, 2.05) is 24.3 Å². The van der Waals surface area contributed by atoms with Gasteiger partial charge in [-0.25, -0.2) is 0 Å². The summed E-state index contributed by atoms with van der Waals surface area (Å²) in [4.78, 5) is 25.9. The van der Waals surface area contributed by atoms with Crippen molar-refractivity contribution in [3.05, 3.63) is 64.6 Å². The first-order valence-electron chi connectivity index (χ1n) is 8.13. The van der Waals surface area contributed by atoms with Gasteiger partial charge in [-0.15, -0.1) is 0 Å². The van der Waals surface area contributed by atoms with Crippen molar-refractivity contribution < 1.29 is 14.3 Å². The molecule has 1 amide bonds. The molecule has 0 atom stereocenters. The van der Waals surface area contributed by atoms with Crippen LogP contribution in [0.2, 0.25) is 0 Å². The zero-order chi connectivity index (χ0) is 18.7. The third-order valence-corrected chi connectivity index (χ3v) is 5.14. The van der Waals surface area contributed by atoms with Crippen LogP contribution >= 0.6 is 24.0 Å². The predicted octanol–water partition coefficient (Wildman–Crippen LogP) is 4.58. The summed E-state index contributed by atoms with van der Waals surface area (Å²) in [7, 11) is 0. The molecule has 0 aromatic heterocycles. The van der Waals surface area contributed by atoms with Gasteiger partial charge in [0.15, 0.2) is 4.32 Å². The minimum atomic E-state index is -0.368. The van der Waals surface area contributed by atoms with Gasteiger partial charge in [-0.2, -0.15) is 0 Å². The number of carbonyl (C=O) groups is 2. The third-order valence-electron chi connectivity index (χ3n) is 3.84. The lowest BCUT2D eigenvalue weighted by Gasteiger charge is -2.14. The van der Waals surface area contributed by atoms with Gasteiger partial charge in [0.1, 0.15) is 5.75 Å². The second-order valence-corrected chi connectivity index (χ2v) is 7.38. The molecule has 1 fully saturated rings. The number of anilines is 1. The maximum atomic E-state index is 12.8. The quantitative estimate of drug-likeness (QED) is 0.335. The molecular formula is C20H17NO3S2. The number of rotatable bonds is 4. The molecule has 0 bridgehead atoms. The molecule has 0 unspecified atom stereocenters. The van der Waals surface area contributed by atoms with Crippen LogP contribution in [-0.2, 0) is 16.0 Å². The van der Waals surface area contributed by atoms with Crippen molar-refractivity contribution in [3.63, 3.8) is 0 Å². The van der Waals surface area contributed by atoms with Crippen LogP contribution < -0.4 is 9.64 Å². The molecule has 0 N–H and O–H groups in total. The van der Waals surface area contributed by atoms with E-state index in [1.165, 1.54) is 24.2 Å². The Balaban J connectivity index is 1.81. The Hall–Kier alpha value is -2.44.